The Hall–Kier alpha value is -4.52. The Morgan fingerprint density at radius 3 is 2.51 bits per heavy atom. The molecule has 3 N–H and O–H groups in total. The first kappa shape index (κ1) is 27.5. The van der Waals surface area contributed by atoms with E-state index in [-0.39, 0.29) is 52.2 Å². The lowest BCUT2D eigenvalue weighted by Gasteiger charge is -2.14. The first-order chi connectivity index (χ1) is 18.7. The predicted octanol–water partition coefficient (Wildman–Crippen LogP) is 5.41. The summed E-state index contributed by atoms with van der Waals surface area (Å²) in [6.45, 7) is 1.63. The van der Waals surface area contributed by atoms with Gasteiger partial charge in [0.25, 0.3) is 11.8 Å². The van der Waals surface area contributed by atoms with Gasteiger partial charge in [-0.25, -0.2) is 9.97 Å². The average molecular weight is 560 g/mol. The normalized spacial score (nSPS) is 11.2. The largest absolute Gasteiger partial charge is 0.416 e. The van der Waals surface area contributed by atoms with E-state index in [1.807, 2.05) is 0 Å². The first-order valence-electron chi connectivity index (χ1n) is 11.6. The van der Waals surface area contributed by atoms with Gasteiger partial charge in [0.15, 0.2) is 11.5 Å². The third-order valence-electron chi connectivity index (χ3n) is 5.35. The number of alkyl halides is 3. The molecule has 4 rings (SSSR count). The molecule has 4 aromatic rings. The molecule has 2 amide bonds. The lowest BCUT2D eigenvalue weighted by molar-refractivity contribution is -0.138. The van der Waals surface area contributed by atoms with E-state index >= 15 is 0 Å². The Bertz CT molecular complexity index is 1480. The van der Waals surface area contributed by atoms with E-state index < -0.39 is 23.6 Å². The molecule has 0 radical (unpaired) electrons. The summed E-state index contributed by atoms with van der Waals surface area (Å²) in [6.07, 6.45) is 0.538. The van der Waals surface area contributed by atoms with Crippen LogP contribution in [-0.4, -0.2) is 31.9 Å². The zero-order valence-corrected chi connectivity index (χ0v) is 21.1. The molecule has 0 bridgehead atoms. The molecule has 0 saturated heterocycles. The molecule has 39 heavy (non-hydrogen) atoms. The summed E-state index contributed by atoms with van der Waals surface area (Å²) >= 11 is 6.30. The Morgan fingerprint density at radius 1 is 1.03 bits per heavy atom. The van der Waals surface area contributed by atoms with Gasteiger partial charge in [-0.05, 0) is 36.2 Å². The van der Waals surface area contributed by atoms with Crippen molar-refractivity contribution in [3.63, 3.8) is 0 Å². The molecule has 14 heteroatoms. The molecule has 0 atom stereocenters. The van der Waals surface area contributed by atoms with Crippen LogP contribution in [0.3, 0.4) is 0 Å². The van der Waals surface area contributed by atoms with E-state index in [1.165, 1.54) is 24.5 Å². The second-order valence-corrected chi connectivity index (χ2v) is 8.56. The van der Waals surface area contributed by atoms with Crippen LogP contribution in [0.1, 0.15) is 51.2 Å². The van der Waals surface area contributed by atoms with E-state index in [4.69, 9.17) is 16.1 Å². The molecular formula is C25H21ClF3N7O3. The zero-order valence-electron chi connectivity index (χ0n) is 20.3. The van der Waals surface area contributed by atoms with Crippen molar-refractivity contribution >= 4 is 40.6 Å². The number of halogens is 4. The molecule has 0 unspecified atom stereocenters. The summed E-state index contributed by atoms with van der Waals surface area (Å²) in [5, 5.41) is 11.6. The first-order valence-corrected chi connectivity index (χ1v) is 12.0. The molecule has 0 saturated carbocycles. The van der Waals surface area contributed by atoms with Gasteiger partial charge in [-0.2, -0.15) is 13.2 Å². The van der Waals surface area contributed by atoms with Crippen molar-refractivity contribution in [3.8, 4) is 0 Å². The number of anilines is 3. The number of rotatable bonds is 9. The standard InChI is InChI=1S/C25H21ClF3N7O3/c1-2-3-14-4-5-16(10-18(14)25(27,28)29)35-23(37)19-11-17(36-39-19)12-31-24(38)21-20(26)22(33-13-32-21)34-15-6-8-30-9-7-15/h4-11,13H,2-3,12H2,1H3,(H,31,38)(H,35,37)(H,30,32,33,34). The Kier molecular flexibility index (Phi) is 8.39. The molecule has 0 fully saturated rings. The van der Waals surface area contributed by atoms with Gasteiger partial charge in [0.1, 0.15) is 17.0 Å². The van der Waals surface area contributed by atoms with Crippen LogP contribution >= 0.6 is 11.6 Å². The minimum Gasteiger partial charge on any atom is -0.351 e. The van der Waals surface area contributed by atoms with Crippen molar-refractivity contribution in [1.29, 1.82) is 0 Å². The maximum Gasteiger partial charge on any atom is 0.416 e. The lowest BCUT2D eigenvalue weighted by Crippen LogP contribution is -2.24. The van der Waals surface area contributed by atoms with Crippen molar-refractivity contribution in [2.24, 2.45) is 0 Å². The Labute approximate surface area is 225 Å². The molecule has 0 aliphatic rings. The van der Waals surface area contributed by atoms with Crippen LogP contribution in [0.2, 0.25) is 5.02 Å². The quantitative estimate of drug-likeness (QED) is 0.248. The highest BCUT2D eigenvalue weighted by Gasteiger charge is 2.33. The van der Waals surface area contributed by atoms with Gasteiger partial charge in [-0.3, -0.25) is 14.6 Å². The summed E-state index contributed by atoms with van der Waals surface area (Å²) < 4.78 is 45.3. The van der Waals surface area contributed by atoms with Crippen LogP contribution in [0.4, 0.5) is 30.4 Å². The van der Waals surface area contributed by atoms with Crippen molar-refractivity contribution in [2.45, 2.75) is 32.5 Å². The molecule has 3 heterocycles. The molecular weight excluding hydrogens is 539 g/mol. The second-order valence-electron chi connectivity index (χ2n) is 8.18. The van der Waals surface area contributed by atoms with Crippen molar-refractivity contribution < 1.29 is 27.3 Å². The smallest absolute Gasteiger partial charge is 0.351 e. The number of aromatic nitrogens is 4. The van der Waals surface area contributed by atoms with Gasteiger partial charge in [-0.1, -0.05) is 36.2 Å². The number of amides is 2. The fraction of sp³-hybridized carbons (Fsp3) is 0.200. The molecule has 3 aromatic heterocycles. The summed E-state index contributed by atoms with van der Waals surface area (Å²) in [5.74, 6) is -1.49. The summed E-state index contributed by atoms with van der Waals surface area (Å²) in [7, 11) is 0. The highest BCUT2D eigenvalue weighted by Crippen LogP contribution is 2.34. The molecule has 0 aliphatic carbocycles. The molecule has 1 aromatic carbocycles. The fourth-order valence-corrected chi connectivity index (χ4v) is 3.77. The number of hydrogen-bond donors (Lipinski definition) is 3. The molecule has 202 valence electrons. The maximum atomic E-state index is 13.4. The van der Waals surface area contributed by atoms with Crippen LogP contribution in [0.5, 0.6) is 0 Å². The molecule has 0 spiro atoms. The summed E-state index contributed by atoms with van der Waals surface area (Å²) in [4.78, 5) is 37.1. The third kappa shape index (κ3) is 6.87. The lowest BCUT2D eigenvalue weighted by atomic mass is 10.0. The minimum atomic E-state index is -4.56. The monoisotopic (exact) mass is 559 g/mol. The molecule has 10 nitrogen and oxygen atoms in total. The van der Waals surface area contributed by atoms with Gasteiger partial charge in [-0.15, -0.1) is 0 Å². The highest BCUT2D eigenvalue weighted by molar-refractivity contribution is 6.35. The summed E-state index contributed by atoms with van der Waals surface area (Å²) in [6, 6.07) is 8.23. The number of aryl methyl sites for hydroxylation is 1. The van der Waals surface area contributed by atoms with Crippen LogP contribution in [0, 0.1) is 0 Å². The SMILES string of the molecule is CCCc1ccc(NC(=O)c2cc(CNC(=O)c3ncnc(Nc4ccncc4)c3Cl)no2)cc1C(F)(F)F. The molecule has 0 aliphatic heterocycles. The van der Waals surface area contributed by atoms with E-state index in [1.54, 1.807) is 31.5 Å². The summed E-state index contributed by atoms with van der Waals surface area (Å²) in [5.41, 5.74) is 0.0139. The number of pyridine rings is 1. The Balaban J connectivity index is 1.39. The number of nitrogens with one attached hydrogen (secondary N) is 3. The van der Waals surface area contributed by atoms with Gasteiger partial charge in [0.05, 0.1) is 12.1 Å². The minimum absolute atomic E-state index is 0.0183. The second kappa shape index (κ2) is 11.9. The number of hydrogen-bond acceptors (Lipinski definition) is 8. The third-order valence-corrected chi connectivity index (χ3v) is 5.71. The van der Waals surface area contributed by atoms with Crippen molar-refractivity contribution in [2.75, 3.05) is 10.6 Å². The zero-order chi connectivity index (χ0) is 28.0. The highest BCUT2D eigenvalue weighted by atomic mass is 35.5. The van der Waals surface area contributed by atoms with Crippen LogP contribution in [-0.2, 0) is 19.1 Å². The fourth-order valence-electron chi connectivity index (χ4n) is 3.54. The number of carbonyl (C=O) groups is 2. The van der Waals surface area contributed by atoms with E-state index in [0.29, 0.717) is 12.1 Å². The average Bonchev–Trinajstić information content (AvgIpc) is 3.39. The van der Waals surface area contributed by atoms with E-state index in [9.17, 15) is 22.8 Å². The van der Waals surface area contributed by atoms with Gasteiger partial charge in [0, 0.05) is 29.8 Å². The van der Waals surface area contributed by atoms with Crippen LogP contribution in [0.15, 0.2) is 59.6 Å². The van der Waals surface area contributed by atoms with Crippen molar-refractivity contribution in [1.82, 2.24) is 25.4 Å². The van der Waals surface area contributed by atoms with Gasteiger partial charge < -0.3 is 20.5 Å². The maximum absolute atomic E-state index is 13.4. The Morgan fingerprint density at radius 2 is 1.79 bits per heavy atom. The van der Waals surface area contributed by atoms with Crippen molar-refractivity contribution in [3.05, 3.63) is 88.4 Å². The number of benzene rings is 1. The van der Waals surface area contributed by atoms with E-state index in [2.05, 4.69) is 36.1 Å². The topological polar surface area (TPSA) is 135 Å². The van der Waals surface area contributed by atoms with Crippen LogP contribution in [0.25, 0.3) is 0 Å². The predicted molar refractivity (Wildman–Crippen MR) is 136 cm³/mol. The van der Waals surface area contributed by atoms with Crippen LogP contribution < -0.4 is 16.0 Å². The van der Waals surface area contributed by atoms with E-state index in [0.717, 1.165) is 6.07 Å². The van der Waals surface area contributed by atoms with Gasteiger partial charge in [0.2, 0.25) is 5.76 Å². The number of nitrogens with zero attached hydrogens (tertiary/aromatic N) is 4. The number of carbonyl (C=O) groups excluding carboxylic acids is 2. The van der Waals surface area contributed by atoms with Gasteiger partial charge >= 0.3 is 6.18 Å².